The Morgan fingerprint density at radius 1 is 1.35 bits per heavy atom. The molecule has 0 radical (unpaired) electrons. The van der Waals surface area contributed by atoms with Crippen LogP contribution in [-0.2, 0) is 6.54 Å². The number of imidazole rings is 1. The number of hydrogen-bond acceptors (Lipinski definition) is 2. The van der Waals surface area contributed by atoms with Crippen molar-refractivity contribution in [2.75, 3.05) is 6.54 Å². The first kappa shape index (κ1) is 12.6. The van der Waals surface area contributed by atoms with Crippen LogP contribution in [0.25, 0.3) is 0 Å². The maximum atomic E-state index is 4.48. The van der Waals surface area contributed by atoms with E-state index in [2.05, 4.69) is 34.9 Å². The first-order chi connectivity index (χ1) is 8.29. The Balaban J connectivity index is 1.85. The van der Waals surface area contributed by atoms with Crippen molar-refractivity contribution < 1.29 is 0 Å². The molecule has 0 bridgehead atoms. The predicted octanol–water partition coefficient (Wildman–Crippen LogP) is 3.13. The summed E-state index contributed by atoms with van der Waals surface area (Å²) < 4.78 is 2.33. The Kier molecular flexibility index (Phi) is 4.60. The summed E-state index contributed by atoms with van der Waals surface area (Å²) in [4.78, 5) is 4.48. The summed E-state index contributed by atoms with van der Waals surface area (Å²) in [6.45, 7) is 6.54. The zero-order valence-corrected chi connectivity index (χ0v) is 11.2. The van der Waals surface area contributed by atoms with Gasteiger partial charge in [0, 0.05) is 18.8 Å². The fraction of sp³-hybridized carbons (Fsp3) is 0.786. The minimum absolute atomic E-state index is 0.693. The van der Waals surface area contributed by atoms with Gasteiger partial charge in [-0.2, -0.15) is 0 Å². The average molecular weight is 235 g/mol. The molecule has 0 spiro atoms. The van der Waals surface area contributed by atoms with E-state index in [4.69, 9.17) is 0 Å². The Bertz CT molecular complexity index is 324. The average Bonchev–Trinajstić information content (AvgIpc) is 2.79. The van der Waals surface area contributed by atoms with Crippen molar-refractivity contribution in [1.29, 1.82) is 0 Å². The van der Waals surface area contributed by atoms with Crippen molar-refractivity contribution in [1.82, 2.24) is 14.9 Å². The van der Waals surface area contributed by atoms with Gasteiger partial charge in [-0.1, -0.05) is 13.8 Å². The van der Waals surface area contributed by atoms with Crippen LogP contribution < -0.4 is 5.32 Å². The van der Waals surface area contributed by atoms with Crippen LogP contribution in [0.15, 0.2) is 12.5 Å². The van der Waals surface area contributed by atoms with Gasteiger partial charge in [-0.3, -0.25) is 0 Å². The molecule has 1 aromatic heterocycles. The molecular weight excluding hydrogens is 210 g/mol. The minimum Gasteiger partial charge on any atom is -0.334 e. The quantitative estimate of drug-likeness (QED) is 0.795. The zero-order valence-electron chi connectivity index (χ0n) is 11.2. The Labute approximate surface area is 105 Å². The number of hydrogen-bond donors (Lipinski definition) is 1. The van der Waals surface area contributed by atoms with Gasteiger partial charge in [0.05, 0.1) is 12.0 Å². The van der Waals surface area contributed by atoms with Crippen LogP contribution in [0, 0.1) is 5.92 Å². The van der Waals surface area contributed by atoms with E-state index in [9.17, 15) is 0 Å². The van der Waals surface area contributed by atoms with Gasteiger partial charge >= 0.3 is 0 Å². The summed E-state index contributed by atoms with van der Waals surface area (Å²) in [5.74, 6) is 0.917. The van der Waals surface area contributed by atoms with Crippen LogP contribution >= 0.6 is 0 Å². The summed E-state index contributed by atoms with van der Waals surface area (Å²) in [7, 11) is 0. The number of rotatable bonds is 5. The highest BCUT2D eigenvalue weighted by molar-refractivity contribution is 4.98. The van der Waals surface area contributed by atoms with E-state index in [0.717, 1.165) is 19.0 Å². The molecule has 96 valence electrons. The van der Waals surface area contributed by atoms with Crippen molar-refractivity contribution in [3.63, 3.8) is 0 Å². The number of nitrogens with one attached hydrogen (secondary N) is 1. The van der Waals surface area contributed by atoms with E-state index >= 15 is 0 Å². The summed E-state index contributed by atoms with van der Waals surface area (Å²) >= 11 is 0. The summed E-state index contributed by atoms with van der Waals surface area (Å²) in [5.41, 5.74) is 1.18. The van der Waals surface area contributed by atoms with Gasteiger partial charge in [0.25, 0.3) is 0 Å². The maximum absolute atomic E-state index is 4.48. The third-order valence-corrected chi connectivity index (χ3v) is 3.79. The molecule has 0 unspecified atom stereocenters. The largest absolute Gasteiger partial charge is 0.334 e. The minimum atomic E-state index is 0.693. The molecule has 0 amide bonds. The monoisotopic (exact) mass is 235 g/mol. The molecule has 1 aliphatic rings. The molecule has 1 heterocycles. The van der Waals surface area contributed by atoms with E-state index < -0.39 is 0 Å². The van der Waals surface area contributed by atoms with E-state index in [0.29, 0.717) is 6.04 Å². The normalized spacial score (nSPS) is 25.1. The number of aromatic nitrogens is 2. The Morgan fingerprint density at radius 3 is 2.82 bits per heavy atom. The lowest BCUT2D eigenvalue weighted by molar-refractivity contribution is 0.289. The van der Waals surface area contributed by atoms with E-state index in [1.54, 1.807) is 0 Å². The fourth-order valence-electron chi connectivity index (χ4n) is 2.60. The molecule has 0 aromatic carbocycles. The molecule has 0 aliphatic heterocycles. The van der Waals surface area contributed by atoms with Crippen LogP contribution in [0.1, 0.15) is 57.7 Å². The maximum Gasteiger partial charge on any atom is 0.0952 e. The molecule has 0 saturated heterocycles. The third kappa shape index (κ3) is 3.56. The molecule has 2 rings (SSSR count). The van der Waals surface area contributed by atoms with Gasteiger partial charge in [0.15, 0.2) is 0 Å². The van der Waals surface area contributed by atoms with Crippen molar-refractivity contribution in [2.24, 2.45) is 5.92 Å². The molecule has 1 N–H and O–H groups in total. The van der Waals surface area contributed by atoms with E-state index in [1.165, 1.54) is 37.8 Å². The second-order valence-electron chi connectivity index (χ2n) is 5.40. The van der Waals surface area contributed by atoms with Gasteiger partial charge in [0.2, 0.25) is 0 Å². The van der Waals surface area contributed by atoms with E-state index in [1.807, 2.05) is 6.33 Å². The van der Waals surface area contributed by atoms with Crippen molar-refractivity contribution >= 4 is 0 Å². The summed E-state index contributed by atoms with van der Waals surface area (Å²) in [6.07, 6.45) is 10.8. The summed E-state index contributed by atoms with van der Waals surface area (Å²) in [5, 5.41) is 3.40. The first-order valence-corrected chi connectivity index (χ1v) is 7.02. The molecule has 17 heavy (non-hydrogen) atoms. The van der Waals surface area contributed by atoms with Crippen LogP contribution in [0.5, 0.6) is 0 Å². The SMILES string of the molecule is CCCNCc1cn(C2CCC(C)CC2)cn1. The van der Waals surface area contributed by atoms with Gasteiger partial charge in [0.1, 0.15) is 0 Å². The van der Waals surface area contributed by atoms with Gasteiger partial charge in [-0.15, -0.1) is 0 Å². The second kappa shape index (κ2) is 6.20. The highest BCUT2D eigenvalue weighted by Gasteiger charge is 2.19. The van der Waals surface area contributed by atoms with Crippen LogP contribution in [0.2, 0.25) is 0 Å². The number of nitrogens with zero attached hydrogens (tertiary/aromatic N) is 2. The van der Waals surface area contributed by atoms with Crippen LogP contribution in [-0.4, -0.2) is 16.1 Å². The topological polar surface area (TPSA) is 29.9 Å². The summed E-state index contributed by atoms with van der Waals surface area (Å²) in [6, 6.07) is 0.693. The fourth-order valence-corrected chi connectivity index (χ4v) is 2.60. The Hall–Kier alpha value is -0.830. The van der Waals surface area contributed by atoms with Crippen LogP contribution in [0.4, 0.5) is 0 Å². The van der Waals surface area contributed by atoms with E-state index in [-0.39, 0.29) is 0 Å². The van der Waals surface area contributed by atoms with Gasteiger partial charge in [-0.05, 0) is 44.6 Å². The molecule has 1 fully saturated rings. The first-order valence-electron chi connectivity index (χ1n) is 7.02. The standard InChI is InChI=1S/C14H25N3/c1-3-8-15-9-13-10-17(11-16-13)14-6-4-12(2)5-7-14/h10-12,14-15H,3-9H2,1-2H3. The van der Waals surface area contributed by atoms with Gasteiger partial charge < -0.3 is 9.88 Å². The molecule has 1 saturated carbocycles. The lowest BCUT2D eigenvalue weighted by Crippen LogP contribution is -2.16. The molecule has 3 nitrogen and oxygen atoms in total. The van der Waals surface area contributed by atoms with Crippen molar-refractivity contribution in [2.45, 2.75) is 58.5 Å². The van der Waals surface area contributed by atoms with Crippen LogP contribution in [0.3, 0.4) is 0 Å². The lowest BCUT2D eigenvalue weighted by Gasteiger charge is -2.26. The molecule has 1 aromatic rings. The predicted molar refractivity (Wildman–Crippen MR) is 70.9 cm³/mol. The zero-order chi connectivity index (χ0) is 12.1. The third-order valence-electron chi connectivity index (χ3n) is 3.79. The molecule has 1 aliphatic carbocycles. The Morgan fingerprint density at radius 2 is 2.12 bits per heavy atom. The lowest BCUT2D eigenvalue weighted by atomic mass is 9.87. The van der Waals surface area contributed by atoms with Crippen molar-refractivity contribution in [3.05, 3.63) is 18.2 Å². The highest BCUT2D eigenvalue weighted by Crippen LogP contribution is 2.31. The van der Waals surface area contributed by atoms with Crippen molar-refractivity contribution in [3.8, 4) is 0 Å². The molecular formula is C14H25N3. The molecule has 3 heteroatoms. The second-order valence-corrected chi connectivity index (χ2v) is 5.40. The van der Waals surface area contributed by atoms with Gasteiger partial charge in [-0.25, -0.2) is 4.98 Å². The molecule has 0 atom stereocenters. The smallest absolute Gasteiger partial charge is 0.0952 e. The highest BCUT2D eigenvalue weighted by atomic mass is 15.1.